The number of ether oxygens (including phenoxy) is 1. The van der Waals surface area contributed by atoms with Gasteiger partial charge in [0.2, 0.25) is 23.3 Å². The van der Waals surface area contributed by atoms with Crippen LogP contribution in [0.1, 0.15) is 39.1 Å². The van der Waals surface area contributed by atoms with E-state index in [1.54, 1.807) is 24.3 Å². The lowest BCUT2D eigenvalue weighted by atomic mass is 9.76. The van der Waals surface area contributed by atoms with E-state index in [1.165, 1.54) is 12.8 Å². The molecular weight excluding hydrogens is 414 g/mol. The highest BCUT2D eigenvalue weighted by molar-refractivity contribution is 6.39. The average Bonchev–Trinajstić information content (AvgIpc) is 3.35. The fourth-order valence-electron chi connectivity index (χ4n) is 5.25. The molecule has 0 spiro atoms. The van der Waals surface area contributed by atoms with Crippen LogP contribution in [0.15, 0.2) is 65.4 Å². The number of aryl methyl sites for hydroxylation is 1. The molecule has 0 radical (unpaired) electrons. The second kappa shape index (κ2) is 7.81. The van der Waals surface area contributed by atoms with Crippen molar-refractivity contribution in [3.05, 3.63) is 82.1 Å². The molecule has 166 valence electrons. The van der Waals surface area contributed by atoms with Crippen LogP contribution in [0.25, 0.3) is 0 Å². The van der Waals surface area contributed by atoms with Gasteiger partial charge in [0, 0.05) is 35.5 Å². The number of carbonyl (C=O) groups excluding carboxylic acids is 2. The van der Waals surface area contributed by atoms with Crippen molar-refractivity contribution in [2.24, 2.45) is 0 Å². The van der Waals surface area contributed by atoms with Crippen molar-refractivity contribution in [3.8, 4) is 5.75 Å². The van der Waals surface area contributed by atoms with Gasteiger partial charge in [0.05, 0.1) is 5.57 Å². The molecule has 2 aromatic carbocycles. The number of allylic oxidation sites excluding steroid dienone is 1. The van der Waals surface area contributed by atoms with Crippen molar-refractivity contribution in [1.29, 1.82) is 0 Å². The lowest BCUT2D eigenvalue weighted by Crippen LogP contribution is -2.74. The zero-order chi connectivity index (χ0) is 22.5. The Morgan fingerprint density at radius 1 is 1.00 bits per heavy atom. The van der Waals surface area contributed by atoms with Gasteiger partial charge in [-0.05, 0) is 45.0 Å². The van der Waals surface area contributed by atoms with Crippen molar-refractivity contribution in [2.75, 3.05) is 26.2 Å². The molecule has 2 N–H and O–H groups in total. The summed E-state index contributed by atoms with van der Waals surface area (Å²) in [4.78, 5) is 33.2. The van der Waals surface area contributed by atoms with E-state index in [9.17, 15) is 9.59 Å². The fraction of sp³-hybridized carbons (Fsp3) is 0.296. The summed E-state index contributed by atoms with van der Waals surface area (Å²) in [6.07, 6.45) is 3.95. The van der Waals surface area contributed by atoms with E-state index < -0.39 is 6.10 Å². The number of nitrogens with zero attached hydrogens (tertiary/aromatic N) is 1. The van der Waals surface area contributed by atoms with Gasteiger partial charge in [0.1, 0.15) is 5.57 Å². The monoisotopic (exact) mass is 440 g/mol. The van der Waals surface area contributed by atoms with Gasteiger partial charge in [-0.15, -0.1) is 0 Å². The van der Waals surface area contributed by atoms with E-state index in [1.807, 2.05) is 31.2 Å². The number of para-hydroxylation sites is 1. The number of rotatable bonds is 4. The van der Waals surface area contributed by atoms with Crippen LogP contribution in [-0.4, -0.2) is 54.5 Å². The minimum absolute atomic E-state index is 0.122. The van der Waals surface area contributed by atoms with E-state index >= 15 is 0 Å². The summed E-state index contributed by atoms with van der Waals surface area (Å²) in [7, 11) is 0. The molecule has 6 nitrogen and oxygen atoms in total. The largest absolute Gasteiger partial charge is 0.468 e. The molecule has 0 aromatic heterocycles. The molecule has 6 heteroatoms. The SMILES string of the molecule is Cc1cccc2c1[NH+]=C1C3=C(C(=O)c4ccccc4C3=O)C(NCCN3CCCC3)=CC1O2. The summed E-state index contributed by atoms with van der Waals surface area (Å²) >= 11 is 0. The van der Waals surface area contributed by atoms with E-state index in [0.717, 1.165) is 36.6 Å². The first kappa shape index (κ1) is 20.1. The highest BCUT2D eigenvalue weighted by Crippen LogP contribution is 2.36. The molecule has 33 heavy (non-hydrogen) atoms. The highest BCUT2D eigenvalue weighted by Gasteiger charge is 2.46. The standard InChI is InChI=1S/C27H25N3O3/c1-16-7-6-10-20-24(16)29-25-21(33-20)15-19(28-11-14-30-12-4-5-13-30)22-23(25)27(32)18-9-3-2-8-17(18)26(22)31/h2-3,6-10,15,21,28H,4-5,11-14H2,1H3/p+1. The van der Waals surface area contributed by atoms with Gasteiger partial charge in [-0.2, -0.15) is 0 Å². The summed E-state index contributed by atoms with van der Waals surface area (Å²) in [6.45, 7) is 5.84. The number of carbonyl (C=O) groups is 2. The molecule has 2 heterocycles. The number of benzene rings is 2. The predicted molar refractivity (Wildman–Crippen MR) is 125 cm³/mol. The molecule has 2 aliphatic heterocycles. The highest BCUT2D eigenvalue weighted by atomic mass is 16.5. The number of likely N-dealkylation sites (tertiary alicyclic amines) is 1. The summed E-state index contributed by atoms with van der Waals surface area (Å²) in [5.74, 6) is 0.485. The molecule has 1 unspecified atom stereocenters. The van der Waals surface area contributed by atoms with Gasteiger partial charge in [-0.1, -0.05) is 36.4 Å². The molecule has 0 bridgehead atoms. The topological polar surface area (TPSA) is 72.6 Å². The Kier molecular flexibility index (Phi) is 4.76. The van der Waals surface area contributed by atoms with E-state index in [-0.39, 0.29) is 11.6 Å². The average molecular weight is 441 g/mol. The maximum Gasteiger partial charge on any atom is 0.249 e. The molecule has 1 atom stereocenters. The molecule has 1 saturated heterocycles. The molecule has 0 saturated carbocycles. The first-order valence-corrected chi connectivity index (χ1v) is 11.6. The number of fused-ring (bicyclic) bond motifs is 4. The lowest BCUT2D eigenvalue weighted by molar-refractivity contribution is -0.363. The van der Waals surface area contributed by atoms with Gasteiger partial charge >= 0.3 is 0 Å². The van der Waals surface area contributed by atoms with Crippen LogP contribution >= 0.6 is 0 Å². The van der Waals surface area contributed by atoms with Gasteiger partial charge < -0.3 is 15.0 Å². The molecule has 2 aliphatic carbocycles. The van der Waals surface area contributed by atoms with Crippen molar-refractivity contribution < 1.29 is 19.3 Å². The van der Waals surface area contributed by atoms with Crippen molar-refractivity contribution in [3.63, 3.8) is 0 Å². The van der Waals surface area contributed by atoms with Crippen molar-refractivity contribution in [2.45, 2.75) is 25.9 Å². The first-order valence-electron chi connectivity index (χ1n) is 11.6. The number of ketones is 2. The van der Waals surface area contributed by atoms with Crippen LogP contribution in [0, 0.1) is 6.92 Å². The molecule has 2 aromatic rings. The molecule has 1 fully saturated rings. The van der Waals surface area contributed by atoms with Crippen LogP contribution < -0.4 is 15.0 Å². The van der Waals surface area contributed by atoms with Crippen molar-refractivity contribution in [1.82, 2.24) is 10.2 Å². The lowest BCUT2D eigenvalue weighted by Gasteiger charge is -2.31. The maximum absolute atomic E-state index is 13.7. The summed E-state index contributed by atoms with van der Waals surface area (Å²) < 4.78 is 6.32. The van der Waals surface area contributed by atoms with Crippen LogP contribution in [0.3, 0.4) is 0 Å². The van der Waals surface area contributed by atoms with Gasteiger partial charge in [-0.25, -0.2) is 4.99 Å². The Labute approximate surface area is 192 Å². The number of nitrogens with one attached hydrogen (secondary N) is 2. The predicted octanol–water partition coefficient (Wildman–Crippen LogP) is 1.87. The third kappa shape index (κ3) is 3.25. The van der Waals surface area contributed by atoms with Crippen molar-refractivity contribution >= 4 is 23.0 Å². The second-order valence-corrected chi connectivity index (χ2v) is 9.03. The second-order valence-electron chi connectivity index (χ2n) is 9.03. The number of hydrogen-bond acceptors (Lipinski definition) is 5. The van der Waals surface area contributed by atoms with E-state index in [2.05, 4.69) is 15.2 Å². The zero-order valence-corrected chi connectivity index (χ0v) is 18.6. The Balaban J connectivity index is 1.44. The minimum Gasteiger partial charge on any atom is -0.468 e. The summed E-state index contributed by atoms with van der Waals surface area (Å²) in [5.41, 5.74) is 4.96. The first-order chi connectivity index (χ1) is 16.1. The van der Waals surface area contributed by atoms with Crippen LogP contribution in [-0.2, 0) is 0 Å². The summed E-state index contributed by atoms with van der Waals surface area (Å²) in [5, 5.41) is 3.47. The van der Waals surface area contributed by atoms with Gasteiger partial charge in [0.25, 0.3) is 0 Å². The third-order valence-corrected chi connectivity index (χ3v) is 6.95. The summed E-state index contributed by atoms with van der Waals surface area (Å²) in [6, 6.07) is 13.0. The molecule has 6 rings (SSSR count). The quantitative estimate of drug-likeness (QED) is 0.760. The van der Waals surface area contributed by atoms with E-state index in [4.69, 9.17) is 4.74 Å². The number of Topliss-reactive ketones (excluding diaryl/α,β-unsaturated/α-hetero) is 2. The molecular formula is C27H26N3O3+. The van der Waals surface area contributed by atoms with Gasteiger partial charge in [0.15, 0.2) is 11.5 Å². The molecule has 0 amide bonds. The van der Waals surface area contributed by atoms with Gasteiger partial charge in [-0.3, -0.25) is 9.59 Å². The fourth-order valence-corrected chi connectivity index (χ4v) is 5.25. The Bertz CT molecular complexity index is 1280. The van der Waals surface area contributed by atoms with E-state index in [0.29, 0.717) is 40.2 Å². The Morgan fingerprint density at radius 3 is 2.48 bits per heavy atom. The maximum atomic E-state index is 13.7. The smallest absolute Gasteiger partial charge is 0.249 e. The third-order valence-electron chi connectivity index (χ3n) is 6.95. The Hall–Kier alpha value is -3.51. The minimum atomic E-state index is -0.464. The Morgan fingerprint density at radius 2 is 1.73 bits per heavy atom. The molecule has 4 aliphatic rings. The van der Waals surface area contributed by atoms with Crippen LogP contribution in [0.5, 0.6) is 5.75 Å². The van der Waals surface area contributed by atoms with Crippen LogP contribution in [0.4, 0.5) is 5.69 Å². The number of hydrogen-bond donors (Lipinski definition) is 2. The zero-order valence-electron chi connectivity index (χ0n) is 18.6. The normalized spacial score (nSPS) is 21.4. The van der Waals surface area contributed by atoms with Crippen LogP contribution in [0.2, 0.25) is 0 Å².